The number of halogens is 2. The molecule has 0 aliphatic heterocycles. The molecule has 0 atom stereocenters. The van der Waals surface area contributed by atoms with Gasteiger partial charge in [0.15, 0.2) is 5.84 Å². The zero-order valence-corrected chi connectivity index (χ0v) is 14.3. The molecule has 1 rings (SSSR count). The topological polar surface area (TPSA) is 48.5 Å². The number of nitriles is 1. The van der Waals surface area contributed by atoms with E-state index in [1.165, 1.54) is 34.8 Å². The molecule has 1 aromatic carbocycles. The van der Waals surface area contributed by atoms with Crippen LogP contribution in [0.25, 0.3) is 0 Å². The minimum absolute atomic E-state index is 0.419. The number of hydrogen-bond donors (Lipinski definition) is 0. The lowest BCUT2D eigenvalue weighted by Gasteiger charge is -2.07. The highest BCUT2D eigenvalue weighted by Gasteiger charge is 2.08. The Morgan fingerprint density at radius 3 is 2.27 bits per heavy atom. The summed E-state index contributed by atoms with van der Waals surface area (Å²) >= 11 is 1.61. The van der Waals surface area contributed by atoms with E-state index < -0.39 is 12.3 Å². The number of alkyl halides is 2. The van der Waals surface area contributed by atoms with Crippen LogP contribution in [0.15, 0.2) is 27.0 Å². The van der Waals surface area contributed by atoms with Gasteiger partial charge in [0.2, 0.25) is 0 Å². The molecule has 0 radical (unpaired) electrons. The Kier molecular flexibility index (Phi) is 10.0. The van der Waals surface area contributed by atoms with Crippen LogP contribution in [0.2, 0.25) is 0 Å². The molecule has 0 unspecified atom stereocenters. The quantitative estimate of drug-likeness (QED) is 0.463. The highest BCUT2D eigenvalue weighted by Crippen LogP contribution is 2.24. The Morgan fingerprint density at radius 1 is 1.27 bits per heavy atom. The minimum Gasteiger partial charge on any atom is -0.269 e. The van der Waals surface area contributed by atoms with Crippen LogP contribution >= 0.6 is 11.8 Å². The number of rotatable bonds is 3. The van der Waals surface area contributed by atoms with E-state index in [0.29, 0.717) is 5.75 Å². The van der Waals surface area contributed by atoms with E-state index in [1.807, 2.05) is 0 Å². The molecular formula is C16H21F2N3S. The van der Waals surface area contributed by atoms with Gasteiger partial charge in [-0.1, -0.05) is 6.07 Å². The molecule has 3 nitrogen and oxygen atoms in total. The van der Waals surface area contributed by atoms with Crippen LogP contribution in [0.4, 0.5) is 8.78 Å². The van der Waals surface area contributed by atoms with E-state index in [9.17, 15) is 8.78 Å². The van der Waals surface area contributed by atoms with Gasteiger partial charge in [-0.15, -0.1) is 11.8 Å². The summed E-state index contributed by atoms with van der Waals surface area (Å²) in [5, 5.41) is 8.47. The first kappa shape index (κ1) is 20.3. The fourth-order valence-corrected chi connectivity index (χ4v) is 2.31. The zero-order valence-electron chi connectivity index (χ0n) is 13.5. The lowest BCUT2D eigenvalue weighted by atomic mass is 10.1. The van der Waals surface area contributed by atoms with Gasteiger partial charge in [0, 0.05) is 18.2 Å². The molecule has 1 aromatic rings. The third-order valence-electron chi connectivity index (χ3n) is 2.77. The van der Waals surface area contributed by atoms with Gasteiger partial charge in [-0.3, -0.25) is 4.99 Å². The van der Waals surface area contributed by atoms with Crippen LogP contribution in [0, 0.1) is 32.1 Å². The number of benzene rings is 1. The van der Waals surface area contributed by atoms with Crippen LogP contribution in [0.1, 0.15) is 23.6 Å². The molecule has 0 saturated carbocycles. The van der Waals surface area contributed by atoms with E-state index in [-0.39, 0.29) is 0 Å². The second-order valence-electron chi connectivity index (χ2n) is 4.42. The Bertz CT molecular complexity index is 575. The first-order valence-corrected chi connectivity index (χ1v) is 7.67. The Balaban J connectivity index is 0.000000433. The van der Waals surface area contributed by atoms with E-state index in [0.717, 1.165) is 0 Å². The van der Waals surface area contributed by atoms with Crippen molar-refractivity contribution in [2.75, 3.05) is 12.8 Å². The molecule has 0 aromatic heterocycles. The molecule has 0 spiro atoms. The number of aliphatic imine (C=N–C) groups is 2. The van der Waals surface area contributed by atoms with Crippen molar-refractivity contribution in [3.8, 4) is 6.07 Å². The average molecular weight is 325 g/mol. The Hall–Kier alpha value is -1.74. The predicted molar refractivity (Wildman–Crippen MR) is 90.5 cm³/mol. The standard InChI is InChI=1S/C11H13NS.C5H8F2N2/c1-8-6-10(3)11(7-9(8)2)13-5-4-12;1-3-9-5(8-2)4(6)7/h6-7H,5H2,1-3H3;3-4H,1-2H3. The molecule has 0 aliphatic carbocycles. The zero-order chi connectivity index (χ0) is 17.1. The Labute approximate surface area is 135 Å². The first-order chi connectivity index (χ1) is 10.4. The number of aryl methyl sites for hydroxylation is 3. The van der Waals surface area contributed by atoms with Crippen molar-refractivity contribution < 1.29 is 8.78 Å². The fourth-order valence-electron chi connectivity index (χ4n) is 1.54. The van der Waals surface area contributed by atoms with Crippen molar-refractivity contribution in [2.24, 2.45) is 9.98 Å². The van der Waals surface area contributed by atoms with Crippen LogP contribution in [-0.4, -0.2) is 31.3 Å². The van der Waals surface area contributed by atoms with Crippen molar-refractivity contribution in [1.82, 2.24) is 0 Å². The third kappa shape index (κ3) is 7.32. The number of amidine groups is 1. The minimum atomic E-state index is -2.56. The highest BCUT2D eigenvalue weighted by molar-refractivity contribution is 7.99. The van der Waals surface area contributed by atoms with Crippen molar-refractivity contribution in [3.05, 3.63) is 28.8 Å². The maximum absolute atomic E-state index is 11.6. The second-order valence-corrected chi connectivity index (χ2v) is 5.44. The van der Waals surface area contributed by atoms with E-state index in [2.05, 4.69) is 49.0 Å². The largest absolute Gasteiger partial charge is 0.296 e. The predicted octanol–water partition coefficient (Wildman–Crippen LogP) is 4.60. The van der Waals surface area contributed by atoms with Crippen LogP contribution in [-0.2, 0) is 0 Å². The van der Waals surface area contributed by atoms with Crippen molar-refractivity contribution in [1.29, 1.82) is 5.26 Å². The van der Waals surface area contributed by atoms with E-state index in [1.54, 1.807) is 18.7 Å². The molecular weight excluding hydrogens is 304 g/mol. The van der Waals surface area contributed by atoms with E-state index >= 15 is 0 Å². The lowest BCUT2D eigenvalue weighted by molar-refractivity contribution is 0.224. The summed E-state index contributed by atoms with van der Waals surface area (Å²) in [5.74, 6) is 0.112. The molecule has 6 heteroatoms. The van der Waals surface area contributed by atoms with Crippen LogP contribution in [0.5, 0.6) is 0 Å². The monoisotopic (exact) mass is 325 g/mol. The van der Waals surface area contributed by atoms with Crippen LogP contribution < -0.4 is 0 Å². The summed E-state index contributed by atoms with van der Waals surface area (Å²) in [6.45, 7) is 7.87. The summed E-state index contributed by atoms with van der Waals surface area (Å²) in [6, 6.07) is 6.48. The summed E-state index contributed by atoms with van der Waals surface area (Å²) in [7, 11) is 1.29. The molecule has 0 heterocycles. The molecule has 0 N–H and O–H groups in total. The summed E-state index contributed by atoms with van der Waals surface area (Å²) < 4.78 is 23.3. The Morgan fingerprint density at radius 2 is 1.86 bits per heavy atom. The lowest BCUT2D eigenvalue weighted by Crippen LogP contribution is -2.06. The molecule has 0 fully saturated rings. The van der Waals surface area contributed by atoms with Gasteiger partial charge in [-0.05, 0) is 50.5 Å². The molecule has 0 saturated heterocycles. The number of thioether (sulfide) groups is 1. The molecule has 0 bridgehead atoms. The second kappa shape index (κ2) is 10.9. The van der Waals surface area contributed by atoms with Crippen LogP contribution in [0.3, 0.4) is 0 Å². The normalized spacial score (nSPS) is 11.3. The molecule has 0 aliphatic rings. The number of hydrogen-bond acceptors (Lipinski definition) is 3. The van der Waals surface area contributed by atoms with Gasteiger partial charge in [0.05, 0.1) is 11.8 Å². The van der Waals surface area contributed by atoms with Gasteiger partial charge in [-0.2, -0.15) is 5.26 Å². The highest BCUT2D eigenvalue weighted by atomic mass is 32.2. The van der Waals surface area contributed by atoms with Gasteiger partial charge < -0.3 is 0 Å². The number of nitrogens with zero attached hydrogens (tertiary/aromatic N) is 3. The SMILES string of the molecule is CC=NC(=NC)C(F)F.Cc1cc(C)c(SCC#N)cc1C. The summed E-state index contributed by atoms with van der Waals surface area (Å²) in [4.78, 5) is 7.79. The van der Waals surface area contributed by atoms with Gasteiger partial charge >= 0.3 is 0 Å². The van der Waals surface area contributed by atoms with E-state index in [4.69, 9.17) is 5.26 Å². The molecule has 22 heavy (non-hydrogen) atoms. The van der Waals surface area contributed by atoms with Gasteiger partial charge in [0.25, 0.3) is 6.43 Å². The van der Waals surface area contributed by atoms with Crippen molar-refractivity contribution in [2.45, 2.75) is 39.0 Å². The van der Waals surface area contributed by atoms with Crippen molar-refractivity contribution >= 4 is 23.8 Å². The maximum Gasteiger partial charge on any atom is 0.296 e. The van der Waals surface area contributed by atoms with Crippen molar-refractivity contribution in [3.63, 3.8) is 0 Å². The summed E-state index contributed by atoms with van der Waals surface area (Å²) in [5.41, 5.74) is 3.88. The first-order valence-electron chi connectivity index (χ1n) is 6.68. The van der Waals surface area contributed by atoms with Gasteiger partial charge in [-0.25, -0.2) is 13.8 Å². The summed E-state index contributed by atoms with van der Waals surface area (Å²) in [6.07, 6.45) is -1.28. The maximum atomic E-state index is 11.6. The fraction of sp³-hybridized carbons (Fsp3) is 0.438. The molecule has 120 valence electrons. The smallest absolute Gasteiger partial charge is 0.269 e. The molecule has 0 amide bonds. The third-order valence-corrected chi connectivity index (χ3v) is 3.79. The van der Waals surface area contributed by atoms with Gasteiger partial charge in [0.1, 0.15) is 0 Å². The average Bonchev–Trinajstić information content (AvgIpc) is 2.47.